The van der Waals surface area contributed by atoms with Crippen LogP contribution in [0.25, 0.3) is 11.3 Å². The molecule has 1 amide bonds. The minimum Gasteiger partial charge on any atom is -0.302 e. The minimum absolute atomic E-state index is 0.0787. The molecule has 1 aromatic heterocycles. The summed E-state index contributed by atoms with van der Waals surface area (Å²) in [5.41, 5.74) is 1.95. The van der Waals surface area contributed by atoms with E-state index in [2.05, 4.69) is 38.4 Å². The molecule has 3 nitrogen and oxygen atoms in total. The Morgan fingerprint density at radius 2 is 2.10 bits per heavy atom. The lowest BCUT2D eigenvalue weighted by Crippen LogP contribution is -2.23. The first-order chi connectivity index (χ1) is 10.2. The standard InChI is InChI=1S/C16H15BrN2OS/c17-13-8-6-11(7-9-13)14-10-21-16(18-14)19-15(20)12-4-2-1-3-5-12/h1-2,6-10,12H,3-5H2,(H,18,19,20). The number of rotatable bonds is 3. The molecule has 21 heavy (non-hydrogen) atoms. The minimum atomic E-state index is 0.0787. The van der Waals surface area contributed by atoms with Gasteiger partial charge < -0.3 is 5.32 Å². The molecule has 1 aromatic carbocycles. The fraction of sp³-hybridized carbons (Fsp3) is 0.250. The molecule has 1 unspecified atom stereocenters. The van der Waals surface area contributed by atoms with Crippen molar-refractivity contribution in [1.29, 1.82) is 0 Å². The first-order valence-corrected chi connectivity index (χ1v) is 8.57. The lowest BCUT2D eigenvalue weighted by Gasteiger charge is -2.15. The van der Waals surface area contributed by atoms with Crippen LogP contribution >= 0.6 is 27.3 Å². The molecule has 0 aliphatic heterocycles. The van der Waals surface area contributed by atoms with Crippen LogP contribution in [0, 0.1) is 5.92 Å². The highest BCUT2D eigenvalue weighted by molar-refractivity contribution is 9.10. The molecule has 3 rings (SSSR count). The number of nitrogens with one attached hydrogen (secondary N) is 1. The molecule has 108 valence electrons. The topological polar surface area (TPSA) is 42.0 Å². The van der Waals surface area contributed by atoms with Crippen LogP contribution in [0.2, 0.25) is 0 Å². The summed E-state index contributed by atoms with van der Waals surface area (Å²) in [6.45, 7) is 0. The number of amides is 1. The third-order valence-corrected chi connectivity index (χ3v) is 4.80. The molecule has 1 N–H and O–H groups in total. The molecule has 0 bridgehead atoms. The van der Waals surface area contributed by atoms with E-state index >= 15 is 0 Å². The normalized spacial score (nSPS) is 17.7. The van der Waals surface area contributed by atoms with E-state index in [4.69, 9.17) is 0 Å². The van der Waals surface area contributed by atoms with Crippen LogP contribution in [0.15, 0.2) is 46.3 Å². The Morgan fingerprint density at radius 3 is 2.81 bits per heavy atom. The van der Waals surface area contributed by atoms with Crippen LogP contribution < -0.4 is 5.32 Å². The number of benzene rings is 1. The molecule has 0 spiro atoms. The van der Waals surface area contributed by atoms with Gasteiger partial charge in [0.15, 0.2) is 5.13 Å². The van der Waals surface area contributed by atoms with Gasteiger partial charge in [0.05, 0.1) is 5.69 Å². The second kappa shape index (κ2) is 6.54. The van der Waals surface area contributed by atoms with Gasteiger partial charge in [0.2, 0.25) is 5.91 Å². The zero-order valence-electron chi connectivity index (χ0n) is 11.4. The van der Waals surface area contributed by atoms with Crippen LogP contribution in [0.4, 0.5) is 5.13 Å². The Bertz CT molecular complexity index is 663. The third kappa shape index (κ3) is 3.60. The van der Waals surface area contributed by atoms with E-state index in [0.29, 0.717) is 5.13 Å². The maximum atomic E-state index is 12.2. The van der Waals surface area contributed by atoms with Gasteiger partial charge in [-0.1, -0.05) is 40.2 Å². The number of hydrogen-bond acceptors (Lipinski definition) is 3. The molecular formula is C16H15BrN2OS. The van der Waals surface area contributed by atoms with E-state index in [1.807, 2.05) is 29.6 Å². The second-order valence-electron chi connectivity index (χ2n) is 5.02. The van der Waals surface area contributed by atoms with Crippen LogP contribution in [0.1, 0.15) is 19.3 Å². The van der Waals surface area contributed by atoms with Gasteiger partial charge in [-0.3, -0.25) is 4.79 Å². The summed E-state index contributed by atoms with van der Waals surface area (Å²) in [4.78, 5) is 16.7. The molecule has 2 aromatic rings. The van der Waals surface area contributed by atoms with Gasteiger partial charge >= 0.3 is 0 Å². The predicted octanol–water partition coefficient (Wildman–Crippen LogP) is 4.87. The molecule has 5 heteroatoms. The third-order valence-electron chi connectivity index (χ3n) is 3.51. The van der Waals surface area contributed by atoms with Gasteiger partial charge in [0.25, 0.3) is 0 Å². The summed E-state index contributed by atoms with van der Waals surface area (Å²) in [7, 11) is 0. The van der Waals surface area contributed by atoms with Gasteiger partial charge in [-0.15, -0.1) is 11.3 Å². The van der Waals surface area contributed by atoms with Crippen molar-refractivity contribution in [2.24, 2.45) is 5.92 Å². The van der Waals surface area contributed by atoms with E-state index in [9.17, 15) is 4.79 Å². The summed E-state index contributed by atoms with van der Waals surface area (Å²) < 4.78 is 1.04. The van der Waals surface area contributed by atoms with Gasteiger partial charge in [-0.25, -0.2) is 4.98 Å². The number of thiazole rings is 1. The van der Waals surface area contributed by atoms with Crippen molar-refractivity contribution in [1.82, 2.24) is 4.98 Å². The van der Waals surface area contributed by atoms with Crippen LogP contribution in [0.3, 0.4) is 0 Å². The molecule has 0 radical (unpaired) electrons. The van der Waals surface area contributed by atoms with Crippen LogP contribution in [0.5, 0.6) is 0 Å². The number of aromatic nitrogens is 1. The Hall–Kier alpha value is -1.46. The monoisotopic (exact) mass is 362 g/mol. The molecule has 1 atom stereocenters. The Morgan fingerprint density at radius 1 is 1.29 bits per heavy atom. The molecule has 1 aliphatic carbocycles. The smallest absolute Gasteiger partial charge is 0.229 e. The average Bonchev–Trinajstić information content (AvgIpc) is 2.97. The zero-order valence-corrected chi connectivity index (χ0v) is 13.8. The van der Waals surface area contributed by atoms with Crippen molar-refractivity contribution in [3.8, 4) is 11.3 Å². The average molecular weight is 363 g/mol. The van der Waals surface area contributed by atoms with E-state index < -0.39 is 0 Å². The highest BCUT2D eigenvalue weighted by Gasteiger charge is 2.19. The van der Waals surface area contributed by atoms with E-state index in [1.54, 1.807) is 0 Å². The Kier molecular flexibility index (Phi) is 4.51. The number of halogens is 1. The van der Waals surface area contributed by atoms with Crippen molar-refractivity contribution < 1.29 is 4.79 Å². The summed E-state index contributed by atoms with van der Waals surface area (Å²) in [6.07, 6.45) is 6.96. The predicted molar refractivity (Wildman–Crippen MR) is 90.4 cm³/mol. The van der Waals surface area contributed by atoms with E-state index in [0.717, 1.165) is 35.0 Å². The van der Waals surface area contributed by atoms with Gasteiger partial charge in [0.1, 0.15) is 0 Å². The highest BCUT2D eigenvalue weighted by atomic mass is 79.9. The van der Waals surface area contributed by atoms with Gasteiger partial charge in [-0.05, 0) is 31.4 Å². The van der Waals surface area contributed by atoms with Crippen LogP contribution in [-0.2, 0) is 4.79 Å². The summed E-state index contributed by atoms with van der Waals surface area (Å²) in [6, 6.07) is 8.00. The SMILES string of the molecule is O=C(Nc1nc(-c2ccc(Br)cc2)cs1)C1CC=CCC1. The maximum Gasteiger partial charge on any atom is 0.229 e. The summed E-state index contributed by atoms with van der Waals surface area (Å²) in [5.74, 6) is 0.158. The Balaban J connectivity index is 1.68. The number of nitrogens with zero attached hydrogens (tertiary/aromatic N) is 1. The van der Waals surface area contributed by atoms with E-state index in [1.165, 1.54) is 11.3 Å². The van der Waals surface area contributed by atoms with Gasteiger partial charge in [0, 0.05) is 21.3 Å². The lowest BCUT2D eigenvalue weighted by atomic mass is 9.94. The highest BCUT2D eigenvalue weighted by Crippen LogP contribution is 2.27. The first kappa shape index (κ1) is 14.5. The van der Waals surface area contributed by atoms with E-state index in [-0.39, 0.29) is 11.8 Å². The molecule has 0 saturated heterocycles. The summed E-state index contributed by atoms with van der Waals surface area (Å²) in [5, 5.41) is 5.58. The van der Waals surface area contributed by atoms with Gasteiger partial charge in [-0.2, -0.15) is 0 Å². The molecular weight excluding hydrogens is 348 g/mol. The zero-order chi connectivity index (χ0) is 14.7. The number of hydrogen-bond donors (Lipinski definition) is 1. The van der Waals surface area contributed by atoms with Crippen LogP contribution in [-0.4, -0.2) is 10.9 Å². The first-order valence-electron chi connectivity index (χ1n) is 6.90. The number of allylic oxidation sites excluding steroid dienone is 2. The van der Waals surface area contributed by atoms with Crippen molar-refractivity contribution in [3.05, 3.63) is 46.3 Å². The molecule has 1 aliphatic rings. The number of carbonyl (C=O) groups excluding carboxylic acids is 1. The fourth-order valence-electron chi connectivity index (χ4n) is 2.32. The Labute approximate surface area is 136 Å². The van der Waals surface area contributed by atoms with Crippen molar-refractivity contribution in [2.45, 2.75) is 19.3 Å². The number of anilines is 1. The largest absolute Gasteiger partial charge is 0.302 e. The molecule has 0 saturated carbocycles. The van der Waals surface area contributed by atoms with Crippen molar-refractivity contribution in [2.75, 3.05) is 5.32 Å². The maximum absolute atomic E-state index is 12.2. The van der Waals surface area contributed by atoms with Crippen molar-refractivity contribution in [3.63, 3.8) is 0 Å². The van der Waals surface area contributed by atoms with Crippen molar-refractivity contribution >= 4 is 38.3 Å². The second-order valence-corrected chi connectivity index (χ2v) is 6.79. The number of carbonyl (C=O) groups is 1. The quantitative estimate of drug-likeness (QED) is 0.791. The fourth-order valence-corrected chi connectivity index (χ4v) is 3.31. The summed E-state index contributed by atoms with van der Waals surface area (Å²) >= 11 is 4.89. The molecule has 0 fully saturated rings. The lowest BCUT2D eigenvalue weighted by molar-refractivity contribution is -0.120. The molecule has 1 heterocycles.